The third-order valence-electron chi connectivity index (χ3n) is 4.89. The van der Waals surface area contributed by atoms with Crippen LogP contribution in [0.15, 0.2) is 36.4 Å². The van der Waals surface area contributed by atoms with Crippen molar-refractivity contribution in [3.63, 3.8) is 0 Å². The number of unbranched alkanes of at least 4 members (excludes halogenated alkanes) is 1. The second kappa shape index (κ2) is 6.57. The van der Waals surface area contributed by atoms with Crippen LogP contribution in [0.3, 0.4) is 0 Å². The Balaban J connectivity index is 1.89. The van der Waals surface area contributed by atoms with E-state index >= 15 is 0 Å². The van der Waals surface area contributed by atoms with Crippen molar-refractivity contribution in [2.75, 3.05) is 0 Å². The van der Waals surface area contributed by atoms with Gasteiger partial charge in [0.1, 0.15) is 0 Å². The van der Waals surface area contributed by atoms with E-state index in [0.29, 0.717) is 6.54 Å². The van der Waals surface area contributed by atoms with Crippen LogP contribution in [0.25, 0.3) is 0 Å². The second-order valence-corrected chi connectivity index (χ2v) is 6.58. The Morgan fingerprint density at radius 3 is 2.57 bits per heavy atom. The summed E-state index contributed by atoms with van der Waals surface area (Å²) >= 11 is 0. The van der Waals surface area contributed by atoms with Gasteiger partial charge in [-0.05, 0) is 54.5 Å². The number of carbonyl (C=O) groups excluding carboxylic acids is 1. The molecule has 1 aliphatic heterocycles. The lowest BCUT2D eigenvalue weighted by Crippen LogP contribution is -2.23. The third kappa shape index (κ3) is 3.03. The molecule has 23 heavy (non-hydrogen) atoms. The molecule has 1 heterocycles. The number of hydrogen-bond donors (Lipinski definition) is 0. The molecule has 0 spiro atoms. The first-order chi connectivity index (χ1) is 11.1. The van der Waals surface area contributed by atoms with E-state index in [9.17, 15) is 4.79 Å². The van der Waals surface area contributed by atoms with Gasteiger partial charge in [-0.1, -0.05) is 49.7 Å². The van der Waals surface area contributed by atoms with Crippen LogP contribution in [0.1, 0.15) is 57.9 Å². The van der Waals surface area contributed by atoms with Gasteiger partial charge in [0, 0.05) is 18.7 Å². The highest BCUT2D eigenvalue weighted by atomic mass is 16.2. The van der Waals surface area contributed by atoms with E-state index in [-0.39, 0.29) is 5.91 Å². The summed E-state index contributed by atoms with van der Waals surface area (Å²) in [5, 5.41) is 0. The van der Waals surface area contributed by atoms with Crippen molar-refractivity contribution in [1.29, 1.82) is 0 Å². The summed E-state index contributed by atoms with van der Waals surface area (Å²) < 4.78 is 0. The minimum atomic E-state index is 0.187. The van der Waals surface area contributed by atoms with Crippen molar-refractivity contribution >= 4 is 5.91 Å². The Hall–Kier alpha value is -2.09. The van der Waals surface area contributed by atoms with Gasteiger partial charge >= 0.3 is 0 Å². The van der Waals surface area contributed by atoms with E-state index in [4.69, 9.17) is 0 Å². The standard InChI is InChI=1S/C21H25NO/c1-4-5-11-18-12-15(2)20-19(16(18)3)14-22(21(20)23)13-17-9-7-6-8-10-17/h6-10,12H,4-5,11,13-14H2,1-3H3. The fraction of sp³-hybridized carbons (Fsp3) is 0.381. The van der Waals surface area contributed by atoms with Crippen LogP contribution in [0.5, 0.6) is 0 Å². The monoisotopic (exact) mass is 307 g/mol. The van der Waals surface area contributed by atoms with E-state index in [1.165, 1.54) is 35.1 Å². The van der Waals surface area contributed by atoms with Crippen molar-refractivity contribution in [2.24, 2.45) is 0 Å². The SMILES string of the molecule is CCCCc1cc(C)c2c(c1C)CN(Cc1ccccc1)C2=O. The third-order valence-corrected chi connectivity index (χ3v) is 4.89. The predicted octanol–water partition coefficient (Wildman–Crippen LogP) is 4.80. The average molecular weight is 307 g/mol. The molecule has 3 rings (SSSR count). The first-order valence-corrected chi connectivity index (χ1v) is 8.57. The van der Waals surface area contributed by atoms with Crippen molar-refractivity contribution in [3.8, 4) is 0 Å². The van der Waals surface area contributed by atoms with Gasteiger partial charge in [-0.2, -0.15) is 0 Å². The number of amides is 1. The van der Waals surface area contributed by atoms with Crippen molar-refractivity contribution in [2.45, 2.75) is 53.1 Å². The quantitative estimate of drug-likeness (QED) is 0.777. The largest absolute Gasteiger partial charge is 0.330 e. The fourth-order valence-electron chi connectivity index (χ4n) is 3.54. The molecule has 0 saturated carbocycles. The van der Waals surface area contributed by atoms with Crippen molar-refractivity contribution in [1.82, 2.24) is 4.90 Å². The Kier molecular flexibility index (Phi) is 4.51. The summed E-state index contributed by atoms with van der Waals surface area (Å²) in [5.74, 6) is 0.187. The van der Waals surface area contributed by atoms with E-state index in [1.54, 1.807) is 0 Å². The Bertz CT molecular complexity index is 718. The molecule has 2 nitrogen and oxygen atoms in total. The molecule has 0 unspecified atom stereocenters. The maximum absolute atomic E-state index is 12.8. The summed E-state index contributed by atoms with van der Waals surface area (Å²) in [7, 11) is 0. The summed E-state index contributed by atoms with van der Waals surface area (Å²) in [6, 6.07) is 12.5. The molecule has 120 valence electrons. The lowest BCUT2D eigenvalue weighted by atomic mass is 9.92. The Morgan fingerprint density at radius 2 is 1.87 bits per heavy atom. The molecule has 0 aromatic heterocycles. The molecule has 0 atom stereocenters. The van der Waals surface area contributed by atoms with E-state index in [0.717, 1.165) is 24.1 Å². The number of carbonyl (C=O) groups is 1. The van der Waals surface area contributed by atoms with Crippen molar-refractivity contribution in [3.05, 3.63) is 69.8 Å². The molecule has 2 heteroatoms. The van der Waals surface area contributed by atoms with Crippen LogP contribution in [-0.4, -0.2) is 10.8 Å². The molecule has 0 radical (unpaired) electrons. The number of nitrogens with zero attached hydrogens (tertiary/aromatic N) is 1. The normalized spacial score (nSPS) is 13.5. The highest BCUT2D eigenvalue weighted by Gasteiger charge is 2.31. The summed E-state index contributed by atoms with van der Waals surface area (Å²) in [6.45, 7) is 7.92. The topological polar surface area (TPSA) is 20.3 Å². The van der Waals surface area contributed by atoms with Crippen LogP contribution in [0, 0.1) is 13.8 Å². The highest BCUT2D eigenvalue weighted by Crippen LogP contribution is 2.32. The highest BCUT2D eigenvalue weighted by molar-refractivity contribution is 6.00. The summed E-state index contributed by atoms with van der Waals surface area (Å²) in [4.78, 5) is 14.8. The molecular formula is C21H25NO. The average Bonchev–Trinajstić information content (AvgIpc) is 2.88. The molecule has 0 saturated heterocycles. The van der Waals surface area contributed by atoms with Gasteiger partial charge in [0.05, 0.1) is 0 Å². The zero-order valence-corrected chi connectivity index (χ0v) is 14.4. The minimum Gasteiger partial charge on any atom is -0.330 e. The zero-order valence-electron chi connectivity index (χ0n) is 14.4. The number of rotatable bonds is 5. The molecule has 0 aliphatic carbocycles. The van der Waals surface area contributed by atoms with Crippen LogP contribution in [0.4, 0.5) is 0 Å². The maximum atomic E-state index is 12.8. The lowest BCUT2D eigenvalue weighted by molar-refractivity contribution is 0.0766. The van der Waals surface area contributed by atoms with Crippen molar-refractivity contribution < 1.29 is 4.79 Å². The van der Waals surface area contributed by atoms with Gasteiger partial charge in [0.15, 0.2) is 0 Å². The second-order valence-electron chi connectivity index (χ2n) is 6.58. The summed E-state index contributed by atoms with van der Waals surface area (Å²) in [5.41, 5.74) is 7.25. The van der Waals surface area contributed by atoms with Crippen LogP contribution < -0.4 is 0 Å². The molecule has 0 fully saturated rings. The Morgan fingerprint density at radius 1 is 1.13 bits per heavy atom. The first-order valence-electron chi connectivity index (χ1n) is 8.57. The van der Waals surface area contributed by atoms with Gasteiger partial charge in [-0.3, -0.25) is 4.79 Å². The van der Waals surface area contributed by atoms with Gasteiger partial charge in [-0.15, -0.1) is 0 Å². The molecule has 1 aliphatic rings. The molecule has 0 bridgehead atoms. The Labute approximate surface area is 139 Å². The summed E-state index contributed by atoms with van der Waals surface area (Å²) in [6.07, 6.45) is 3.53. The number of fused-ring (bicyclic) bond motifs is 1. The zero-order chi connectivity index (χ0) is 16.4. The van der Waals surface area contributed by atoms with E-state index < -0.39 is 0 Å². The van der Waals surface area contributed by atoms with Crippen LogP contribution in [0.2, 0.25) is 0 Å². The van der Waals surface area contributed by atoms with Crippen LogP contribution in [-0.2, 0) is 19.5 Å². The lowest BCUT2D eigenvalue weighted by Gasteiger charge is -2.15. The molecule has 1 amide bonds. The van der Waals surface area contributed by atoms with Gasteiger partial charge in [0.25, 0.3) is 5.91 Å². The van der Waals surface area contributed by atoms with Gasteiger partial charge in [0.2, 0.25) is 0 Å². The maximum Gasteiger partial charge on any atom is 0.255 e. The smallest absolute Gasteiger partial charge is 0.255 e. The molecule has 2 aromatic carbocycles. The minimum absolute atomic E-state index is 0.187. The molecule has 2 aromatic rings. The molecule has 0 N–H and O–H groups in total. The van der Waals surface area contributed by atoms with Crippen LogP contribution >= 0.6 is 0 Å². The molecular weight excluding hydrogens is 282 g/mol. The predicted molar refractivity (Wildman–Crippen MR) is 94.5 cm³/mol. The first kappa shape index (κ1) is 15.8. The fourth-order valence-corrected chi connectivity index (χ4v) is 3.54. The number of aryl methyl sites for hydroxylation is 2. The van der Waals surface area contributed by atoms with E-state index in [1.807, 2.05) is 23.1 Å². The number of benzene rings is 2. The number of hydrogen-bond acceptors (Lipinski definition) is 1. The van der Waals surface area contributed by atoms with Gasteiger partial charge in [-0.25, -0.2) is 0 Å². The van der Waals surface area contributed by atoms with Gasteiger partial charge < -0.3 is 4.90 Å². The van der Waals surface area contributed by atoms with E-state index in [2.05, 4.69) is 39.0 Å².